The van der Waals surface area contributed by atoms with Gasteiger partial charge in [-0.25, -0.2) is 0 Å². The van der Waals surface area contributed by atoms with Gasteiger partial charge in [0.15, 0.2) is 0 Å². The van der Waals surface area contributed by atoms with Gasteiger partial charge in [0, 0.05) is 13.0 Å². The molecule has 0 radical (unpaired) electrons. The van der Waals surface area contributed by atoms with E-state index in [4.69, 9.17) is 4.74 Å². The average molecular weight is 288 g/mol. The smallest absolute Gasteiger partial charge is 0.246 e. The van der Waals surface area contributed by atoms with Crippen LogP contribution in [0.2, 0.25) is 0 Å². The van der Waals surface area contributed by atoms with Crippen molar-refractivity contribution in [2.45, 2.75) is 38.0 Å². The number of ether oxygens (including phenoxy) is 1. The standard InChI is InChI=1S/C16H20N2O3/c1-11-14(7-8-21-11)18-10-15(19)17-13(16(18)20)9-12-5-3-2-4-6-12/h2-6,11,13-14H,7-10H2,1H3,(H,17,19). The summed E-state index contributed by atoms with van der Waals surface area (Å²) in [4.78, 5) is 26.3. The second-order valence-electron chi connectivity index (χ2n) is 5.71. The SMILES string of the molecule is CC1OCCC1N1CC(=O)NC(Cc2ccccc2)C1=O. The van der Waals surface area contributed by atoms with Crippen LogP contribution < -0.4 is 5.32 Å². The zero-order chi connectivity index (χ0) is 14.8. The highest BCUT2D eigenvalue weighted by molar-refractivity contribution is 5.95. The number of hydrogen-bond donors (Lipinski definition) is 1. The van der Waals surface area contributed by atoms with E-state index in [1.54, 1.807) is 4.90 Å². The molecule has 2 aliphatic heterocycles. The topological polar surface area (TPSA) is 58.6 Å². The number of piperazine rings is 1. The van der Waals surface area contributed by atoms with Crippen molar-refractivity contribution < 1.29 is 14.3 Å². The molecule has 2 fully saturated rings. The molecule has 0 spiro atoms. The monoisotopic (exact) mass is 288 g/mol. The lowest BCUT2D eigenvalue weighted by Crippen LogP contribution is -2.62. The predicted octanol–water partition coefficient (Wildman–Crippen LogP) is 0.733. The van der Waals surface area contributed by atoms with Gasteiger partial charge in [0.05, 0.1) is 12.1 Å². The third-order valence-corrected chi connectivity index (χ3v) is 4.25. The molecule has 1 aromatic carbocycles. The zero-order valence-corrected chi connectivity index (χ0v) is 12.1. The summed E-state index contributed by atoms with van der Waals surface area (Å²) in [6.45, 7) is 2.76. The van der Waals surface area contributed by atoms with Crippen molar-refractivity contribution in [2.24, 2.45) is 0 Å². The molecule has 5 nitrogen and oxygen atoms in total. The second-order valence-corrected chi connectivity index (χ2v) is 5.71. The third-order valence-electron chi connectivity index (χ3n) is 4.25. The van der Waals surface area contributed by atoms with Crippen LogP contribution >= 0.6 is 0 Å². The molecule has 1 N–H and O–H groups in total. The van der Waals surface area contributed by atoms with Crippen molar-refractivity contribution in [2.75, 3.05) is 13.2 Å². The van der Waals surface area contributed by atoms with Crippen molar-refractivity contribution in [1.29, 1.82) is 0 Å². The van der Waals surface area contributed by atoms with Crippen LogP contribution in [-0.2, 0) is 20.7 Å². The Hall–Kier alpha value is -1.88. The van der Waals surface area contributed by atoms with Gasteiger partial charge in [-0.2, -0.15) is 0 Å². The Morgan fingerprint density at radius 2 is 2.05 bits per heavy atom. The highest BCUT2D eigenvalue weighted by Gasteiger charge is 2.40. The van der Waals surface area contributed by atoms with Gasteiger partial charge in [-0.15, -0.1) is 0 Å². The summed E-state index contributed by atoms with van der Waals surface area (Å²) in [5, 5.41) is 2.81. The number of amides is 2. The summed E-state index contributed by atoms with van der Waals surface area (Å²) in [6, 6.07) is 9.31. The van der Waals surface area contributed by atoms with Gasteiger partial charge < -0.3 is 15.0 Å². The summed E-state index contributed by atoms with van der Waals surface area (Å²) in [6.07, 6.45) is 1.33. The van der Waals surface area contributed by atoms with E-state index < -0.39 is 6.04 Å². The quantitative estimate of drug-likeness (QED) is 0.892. The first-order chi connectivity index (χ1) is 10.1. The fraction of sp³-hybridized carbons (Fsp3) is 0.500. The minimum Gasteiger partial charge on any atom is -0.376 e. The number of benzene rings is 1. The van der Waals surface area contributed by atoms with Crippen molar-refractivity contribution in [1.82, 2.24) is 10.2 Å². The van der Waals surface area contributed by atoms with Crippen LogP contribution in [0, 0.1) is 0 Å². The van der Waals surface area contributed by atoms with E-state index >= 15 is 0 Å². The molecular formula is C16H20N2O3. The summed E-state index contributed by atoms with van der Waals surface area (Å²) >= 11 is 0. The van der Waals surface area contributed by atoms with Crippen molar-refractivity contribution in [3.05, 3.63) is 35.9 Å². The Labute approximate surface area is 124 Å². The maximum absolute atomic E-state index is 12.7. The normalized spacial score (nSPS) is 29.6. The molecule has 3 rings (SSSR count). The molecule has 0 saturated carbocycles. The van der Waals surface area contributed by atoms with Crippen LogP contribution in [-0.4, -0.2) is 48.1 Å². The first-order valence-corrected chi connectivity index (χ1v) is 7.40. The summed E-state index contributed by atoms with van der Waals surface area (Å²) < 4.78 is 5.53. The summed E-state index contributed by atoms with van der Waals surface area (Å²) in [5.41, 5.74) is 1.05. The minimum absolute atomic E-state index is 0.000744. The zero-order valence-electron chi connectivity index (χ0n) is 12.1. The second kappa shape index (κ2) is 5.85. The van der Waals surface area contributed by atoms with Gasteiger partial charge >= 0.3 is 0 Å². The van der Waals surface area contributed by atoms with Crippen molar-refractivity contribution >= 4 is 11.8 Å². The lowest BCUT2D eigenvalue weighted by Gasteiger charge is -2.37. The first-order valence-electron chi connectivity index (χ1n) is 7.40. The largest absolute Gasteiger partial charge is 0.376 e. The molecule has 2 saturated heterocycles. The minimum atomic E-state index is -0.471. The lowest BCUT2D eigenvalue weighted by atomic mass is 10.0. The molecule has 0 bridgehead atoms. The lowest BCUT2D eigenvalue weighted by molar-refractivity contribution is -0.147. The highest BCUT2D eigenvalue weighted by atomic mass is 16.5. The molecule has 1 aromatic rings. The number of hydrogen-bond acceptors (Lipinski definition) is 3. The molecule has 0 aromatic heterocycles. The number of nitrogens with zero attached hydrogens (tertiary/aromatic N) is 1. The summed E-state index contributed by atoms with van der Waals surface area (Å²) in [7, 11) is 0. The fourth-order valence-corrected chi connectivity index (χ4v) is 3.13. The molecule has 112 valence electrons. The van der Waals surface area contributed by atoms with Crippen LogP contribution in [0.1, 0.15) is 18.9 Å². The molecule has 2 amide bonds. The van der Waals surface area contributed by atoms with Crippen LogP contribution in [0.5, 0.6) is 0 Å². The van der Waals surface area contributed by atoms with E-state index in [2.05, 4.69) is 5.32 Å². The Balaban J connectivity index is 1.75. The predicted molar refractivity (Wildman–Crippen MR) is 77.6 cm³/mol. The van der Waals surface area contributed by atoms with Crippen LogP contribution in [0.25, 0.3) is 0 Å². The van der Waals surface area contributed by atoms with E-state index in [-0.39, 0.29) is 30.5 Å². The molecule has 21 heavy (non-hydrogen) atoms. The number of nitrogens with one attached hydrogen (secondary N) is 1. The molecule has 2 heterocycles. The van der Waals surface area contributed by atoms with Crippen LogP contribution in [0.15, 0.2) is 30.3 Å². The highest BCUT2D eigenvalue weighted by Crippen LogP contribution is 2.22. The molecular weight excluding hydrogens is 268 g/mol. The van der Waals surface area contributed by atoms with E-state index in [0.717, 1.165) is 12.0 Å². The summed E-state index contributed by atoms with van der Waals surface area (Å²) in [5.74, 6) is -0.0876. The van der Waals surface area contributed by atoms with E-state index in [1.165, 1.54) is 0 Å². The van der Waals surface area contributed by atoms with Gasteiger partial charge in [0.25, 0.3) is 0 Å². The molecule has 3 atom stereocenters. The maximum atomic E-state index is 12.7. The van der Waals surface area contributed by atoms with E-state index in [0.29, 0.717) is 13.0 Å². The van der Waals surface area contributed by atoms with Crippen molar-refractivity contribution in [3.63, 3.8) is 0 Å². The first kappa shape index (κ1) is 14.1. The Morgan fingerprint density at radius 3 is 2.71 bits per heavy atom. The Bertz CT molecular complexity index is 532. The van der Waals surface area contributed by atoms with Crippen LogP contribution in [0.4, 0.5) is 0 Å². The Morgan fingerprint density at radius 1 is 1.29 bits per heavy atom. The van der Waals surface area contributed by atoms with Crippen molar-refractivity contribution in [3.8, 4) is 0 Å². The van der Waals surface area contributed by atoms with Gasteiger partial charge in [-0.1, -0.05) is 30.3 Å². The Kier molecular flexibility index (Phi) is 3.92. The average Bonchev–Trinajstić information content (AvgIpc) is 2.90. The number of rotatable bonds is 3. The fourth-order valence-electron chi connectivity index (χ4n) is 3.13. The molecule has 3 unspecified atom stereocenters. The van der Waals surface area contributed by atoms with Gasteiger partial charge in [-0.05, 0) is 18.9 Å². The van der Waals surface area contributed by atoms with Crippen LogP contribution in [0.3, 0.4) is 0 Å². The van der Waals surface area contributed by atoms with Gasteiger partial charge in [0.1, 0.15) is 12.6 Å². The number of carbonyl (C=O) groups excluding carboxylic acids is 2. The van der Waals surface area contributed by atoms with Gasteiger partial charge in [-0.3, -0.25) is 9.59 Å². The number of carbonyl (C=O) groups is 2. The van der Waals surface area contributed by atoms with E-state index in [1.807, 2.05) is 37.3 Å². The van der Waals surface area contributed by atoms with Gasteiger partial charge in [0.2, 0.25) is 11.8 Å². The molecule has 2 aliphatic rings. The molecule has 5 heteroatoms. The maximum Gasteiger partial charge on any atom is 0.246 e. The third kappa shape index (κ3) is 2.93. The molecule has 0 aliphatic carbocycles. The van der Waals surface area contributed by atoms with E-state index in [9.17, 15) is 9.59 Å².